The number of nitrogen functional groups attached to an aromatic ring is 1. The first kappa shape index (κ1) is 36.8. The molecular weight excluding hydrogens is 550 g/mol. The lowest BCUT2D eigenvalue weighted by Gasteiger charge is -2.09. The second-order valence-corrected chi connectivity index (χ2v) is 10.1. The molecule has 2 rings (SSSR count). The summed E-state index contributed by atoms with van der Waals surface area (Å²) in [7, 11) is 0. The molecule has 0 unspecified atom stereocenters. The Hall–Kier alpha value is -2.40. The molecule has 2 aromatic carbocycles. The monoisotopic (exact) mass is 605 g/mol. The van der Waals surface area contributed by atoms with E-state index in [1.54, 1.807) is 12.1 Å². The van der Waals surface area contributed by atoms with Gasteiger partial charge in [-0.2, -0.15) is 0 Å². The fourth-order valence-electron chi connectivity index (χ4n) is 4.06. The van der Waals surface area contributed by atoms with Gasteiger partial charge in [0.15, 0.2) is 0 Å². The van der Waals surface area contributed by atoms with E-state index < -0.39 is 0 Å². The van der Waals surface area contributed by atoms with Gasteiger partial charge in [0.05, 0.1) is 79.3 Å². The van der Waals surface area contributed by atoms with Gasteiger partial charge in [-0.1, -0.05) is 51.2 Å². The molecule has 0 aliphatic rings. The summed E-state index contributed by atoms with van der Waals surface area (Å²) in [5, 5.41) is 0. The number of benzene rings is 2. The normalized spacial score (nSPS) is 11.2. The topological polar surface area (TPSA) is 99.9 Å². The van der Waals surface area contributed by atoms with Gasteiger partial charge >= 0.3 is 0 Å². The number of hydrogen-bond acceptors (Lipinski definition) is 9. The predicted octanol–water partition coefficient (Wildman–Crippen LogP) is 5.73. The van der Waals surface area contributed by atoms with Crippen molar-refractivity contribution in [2.24, 2.45) is 0 Å². The Labute approximate surface area is 259 Å². The van der Waals surface area contributed by atoms with Crippen LogP contribution in [0.1, 0.15) is 51.0 Å². The molecule has 244 valence electrons. The zero-order valence-corrected chi connectivity index (χ0v) is 26.3. The van der Waals surface area contributed by atoms with Crippen LogP contribution in [0.2, 0.25) is 0 Å². The number of nitrogens with two attached hydrogens (primary N) is 1. The SMILES string of the molecule is CCCCCCCCc1ccc(OCCOCCOCCOCCOCCOCCOCCOc2ccc(N)cc2)cc1. The Morgan fingerprint density at radius 1 is 0.419 bits per heavy atom. The van der Waals surface area contributed by atoms with Crippen LogP contribution >= 0.6 is 0 Å². The van der Waals surface area contributed by atoms with Crippen molar-refractivity contribution in [3.05, 3.63) is 54.1 Å². The van der Waals surface area contributed by atoms with Crippen molar-refractivity contribution in [3.8, 4) is 11.5 Å². The molecule has 43 heavy (non-hydrogen) atoms. The maximum atomic E-state index is 5.77. The molecule has 9 nitrogen and oxygen atoms in total. The molecule has 0 heterocycles. The summed E-state index contributed by atoms with van der Waals surface area (Å²) in [6, 6.07) is 15.7. The summed E-state index contributed by atoms with van der Waals surface area (Å²) in [5.41, 5.74) is 7.74. The standard InChI is InChI=1S/C34H55NO8/c1-2-3-4-5-6-7-8-31-9-13-33(14-10-31)42-29-27-40-25-23-38-21-19-36-17-18-37-20-22-39-24-26-41-28-30-43-34-15-11-32(35)12-16-34/h9-16H,2-8,17-30,35H2,1H3. The largest absolute Gasteiger partial charge is 0.491 e. The summed E-state index contributed by atoms with van der Waals surface area (Å²) in [6.07, 6.45) is 9.11. The number of ether oxygens (including phenoxy) is 8. The average molecular weight is 606 g/mol. The molecule has 9 heteroatoms. The van der Waals surface area contributed by atoms with Crippen LogP contribution in [0, 0.1) is 0 Å². The minimum atomic E-state index is 0.483. The summed E-state index contributed by atoms with van der Waals surface area (Å²) in [6.45, 7) is 9.53. The molecule has 0 saturated heterocycles. The van der Waals surface area contributed by atoms with Crippen LogP contribution in [-0.2, 0) is 34.8 Å². The Kier molecular flexibility index (Phi) is 23.2. The van der Waals surface area contributed by atoms with E-state index in [2.05, 4.69) is 31.2 Å². The van der Waals surface area contributed by atoms with E-state index >= 15 is 0 Å². The summed E-state index contributed by atoms with van der Waals surface area (Å²) in [5.74, 6) is 1.67. The first-order valence-corrected chi connectivity index (χ1v) is 15.9. The van der Waals surface area contributed by atoms with Crippen LogP contribution in [0.5, 0.6) is 11.5 Å². The van der Waals surface area contributed by atoms with Crippen molar-refractivity contribution in [2.75, 3.05) is 98.2 Å². The van der Waals surface area contributed by atoms with E-state index in [-0.39, 0.29) is 0 Å². The average Bonchev–Trinajstić information content (AvgIpc) is 3.03. The quantitative estimate of drug-likeness (QED) is 0.0884. The van der Waals surface area contributed by atoms with Crippen molar-refractivity contribution >= 4 is 5.69 Å². The van der Waals surface area contributed by atoms with Crippen molar-refractivity contribution < 1.29 is 37.9 Å². The van der Waals surface area contributed by atoms with Gasteiger partial charge in [0.1, 0.15) is 24.7 Å². The molecule has 0 saturated carbocycles. The van der Waals surface area contributed by atoms with Gasteiger partial charge in [0.2, 0.25) is 0 Å². The molecule has 0 aromatic heterocycles. The Bertz CT molecular complexity index is 866. The van der Waals surface area contributed by atoms with Gasteiger partial charge in [-0.05, 0) is 54.8 Å². The summed E-state index contributed by atoms with van der Waals surface area (Å²) in [4.78, 5) is 0. The Morgan fingerprint density at radius 3 is 1.19 bits per heavy atom. The second kappa shape index (κ2) is 27.2. The van der Waals surface area contributed by atoms with Crippen LogP contribution in [0.3, 0.4) is 0 Å². The van der Waals surface area contributed by atoms with Gasteiger partial charge in [-0.15, -0.1) is 0 Å². The second-order valence-electron chi connectivity index (χ2n) is 10.1. The van der Waals surface area contributed by atoms with E-state index in [0.29, 0.717) is 98.2 Å². The van der Waals surface area contributed by atoms with E-state index in [1.807, 2.05) is 12.1 Å². The fourth-order valence-corrected chi connectivity index (χ4v) is 4.06. The van der Waals surface area contributed by atoms with Crippen LogP contribution in [0.25, 0.3) is 0 Å². The molecule has 0 aliphatic carbocycles. The van der Waals surface area contributed by atoms with Crippen LogP contribution in [-0.4, -0.2) is 92.5 Å². The Morgan fingerprint density at radius 2 is 0.767 bits per heavy atom. The van der Waals surface area contributed by atoms with Crippen LogP contribution in [0.15, 0.2) is 48.5 Å². The number of aryl methyl sites for hydroxylation is 1. The predicted molar refractivity (Wildman–Crippen MR) is 170 cm³/mol. The van der Waals surface area contributed by atoms with Crippen molar-refractivity contribution in [3.63, 3.8) is 0 Å². The van der Waals surface area contributed by atoms with E-state index in [0.717, 1.165) is 17.9 Å². The van der Waals surface area contributed by atoms with E-state index in [9.17, 15) is 0 Å². The summed E-state index contributed by atoms with van der Waals surface area (Å²) >= 11 is 0. The molecule has 0 fully saturated rings. The molecule has 2 N–H and O–H groups in total. The van der Waals surface area contributed by atoms with Gasteiger partial charge in [-0.3, -0.25) is 0 Å². The number of anilines is 1. The molecule has 0 spiro atoms. The van der Waals surface area contributed by atoms with Gasteiger partial charge < -0.3 is 43.6 Å². The van der Waals surface area contributed by atoms with Gasteiger partial charge in [-0.25, -0.2) is 0 Å². The van der Waals surface area contributed by atoms with Gasteiger partial charge in [0.25, 0.3) is 0 Å². The van der Waals surface area contributed by atoms with E-state index in [4.69, 9.17) is 43.6 Å². The molecule has 0 bridgehead atoms. The lowest BCUT2D eigenvalue weighted by molar-refractivity contribution is -0.0187. The Balaban J connectivity index is 1.23. The first-order chi connectivity index (χ1) is 21.3. The van der Waals surface area contributed by atoms with Crippen molar-refractivity contribution in [1.82, 2.24) is 0 Å². The minimum absolute atomic E-state index is 0.483. The fraction of sp³-hybridized carbons (Fsp3) is 0.647. The molecule has 0 aliphatic heterocycles. The highest BCUT2D eigenvalue weighted by Gasteiger charge is 1.99. The maximum absolute atomic E-state index is 5.77. The minimum Gasteiger partial charge on any atom is -0.491 e. The maximum Gasteiger partial charge on any atom is 0.119 e. The lowest BCUT2D eigenvalue weighted by atomic mass is 10.0. The molecule has 0 atom stereocenters. The highest BCUT2D eigenvalue weighted by molar-refractivity contribution is 5.41. The first-order valence-electron chi connectivity index (χ1n) is 15.9. The van der Waals surface area contributed by atoms with Crippen LogP contribution < -0.4 is 15.2 Å². The molecular formula is C34H55NO8. The molecule has 2 aromatic rings. The lowest BCUT2D eigenvalue weighted by Crippen LogP contribution is -2.15. The molecule has 0 amide bonds. The van der Waals surface area contributed by atoms with E-state index in [1.165, 1.54) is 44.1 Å². The zero-order valence-electron chi connectivity index (χ0n) is 26.3. The number of hydrogen-bond donors (Lipinski definition) is 1. The third-order valence-corrected chi connectivity index (χ3v) is 6.48. The third kappa shape index (κ3) is 21.9. The highest BCUT2D eigenvalue weighted by Crippen LogP contribution is 2.15. The number of unbranched alkanes of at least 4 members (excludes halogenated alkanes) is 5. The summed E-state index contributed by atoms with van der Waals surface area (Å²) < 4.78 is 44.4. The van der Waals surface area contributed by atoms with Gasteiger partial charge in [0, 0.05) is 5.69 Å². The zero-order chi connectivity index (χ0) is 30.5. The smallest absolute Gasteiger partial charge is 0.119 e. The van der Waals surface area contributed by atoms with Crippen molar-refractivity contribution in [2.45, 2.75) is 51.9 Å². The highest BCUT2D eigenvalue weighted by atomic mass is 16.6. The third-order valence-electron chi connectivity index (χ3n) is 6.48. The molecule has 0 radical (unpaired) electrons. The van der Waals surface area contributed by atoms with Crippen LogP contribution in [0.4, 0.5) is 5.69 Å². The van der Waals surface area contributed by atoms with Crippen molar-refractivity contribution in [1.29, 1.82) is 0 Å². The number of rotatable bonds is 30.